The van der Waals surface area contributed by atoms with Crippen LogP contribution >= 0.6 is 21.6 Å². The van der Waals surface area contributed by atoms with Crippen LogP contribution in [0.2, 0.25) is 0 Å². The second-order valence-electron chi connectivity index (χ2n) is 2.49. The van der Waals surface area contributed by atoms with E-state index in [2.05, 4.69) is 0 Å². The fourth-order valence-corrected chi connectivity index (χ4v) is 2.98. The van der Waals surface area contributed by atoms with Gasteiger partial charge in [-0.05, 0) is 12.8 Å². The third-order valence-electron chi connectivity index (χ3n) is 1.28. The zero-order valence-electron chi connectivity index (χ0n) is 9.41. The van der Waals surface area contributed by atoms with Gasteiger partial charge in [0.1, 0.15) is 0 Å². The Labute approximate surface area is 95.6 Å². The van der Waals surface area contributed by atoms with Crippen molar-refractivity contribution >= 4 is 27.6 Å². The minimum atomic E-state index is -0.693. The predicted molar refractivity (Wildman–Crippen MR) is 68.0 cm³/mol. The summed E-state index contributed by atoms with van der Waals surface area (Å²) in [6, 6.07) is 0. The summed E-state index contributed by atoms with van der Waals surface area (Å²) in [5.41, 5.74) is 0. The minimum Gasteiger partial charge on any atom is -0.481 e. The van der Waals surface area contributed by atoms with E-state index in [1.54, 1.807) is 0 Å². The van der Waals surface area contributed by atoms with Crippen LogP contribution in [-0.2, 0) is 4.79 Å². The summed E-state index contributed by atoms with van der Waals surface area (Å²) in [7, 11) is 3.98. The molecule has 1 fully saturated rings. The van der Waals surface area contributed by atoms with E-state index in [4.69, 9.17) is 5.11 Å². The molecule has 0 spiro atoms. The molecule has 0 aromatic rings. The molecule has 0 unspecified atom stereocenters. The summed E-state index contributed by atoms with van der Waals surface area (Å²) in [4.78, 5) is 9.76. The number of carboxylic acids is 1. The molecule has 1 aliphatic rings. The van der Waals surface area contributed by atoms with Gasteiger partial charge in [-0.1, -0.05) is 48.8 Å². The zero-order valence-corrected chi connectivity index (χ0v) is 11.0. The first-order valence-corrected chi connectivity index (χ1v) is 7.72. The molecule has 1 heterocycles. The van der Waals surface area contributed by atoms with E-state index in [9.17, 15) is 4.79 Å². The van der Waals surface area contributed by atoms with Crippen LogP contribution in [0.1, 0.15) is 46.5 Å². The van der Waals surface area contributed by atoms with E-state index in [1.807, 2.05) is 42.4 Å². The molecule has 1 N–H and O–H groups in total. The van der Waals surface area contributed by atoms with Gasteiger partial charge in [-0.25, -0.2) is 0 Å². The van der Waals surface area contributed by atoms with Crippen LogP contribution in [0, 0.1) is 0 Å². The molecule has 4 heteroatoms. The molecule has 0 aliphatic carbocycles. The summed E-state index contributed by atoms with van der Waals surface area (Å²) in [5, 5.41) is 8.04. The van der Waals surface area contributed by atoms with Crippen molar-refractivity contribution < 1.29 is 9.90 Å². The van der Waals surface area contributed by atoms with Crippen molar-refractivity contribution in [3.05, 3.63) is 0 Å². The molecule has 0 aromatic carbocycles. The average Bonchev–Trinajstić information content (AvgIpc) is 2.76. The maximum absolute atomic E-state index is 9.76. The summed E-state index contributed by atoms with van der Waals surface area (Å²) in [6.45, 7) is 5.98. The Hall–Kier alpha value is 0.170. The molecule has 0 bridgehead atoms. The molecule has 2 nitrogen and oxygen atoms in total. The Balaban J connectivity index is 0. The summed E-state index contributed by atoms with van der Waals surface area (Å²) in [5.74, 6) is 2.07. The van der Waals surface area contributed by atoms with E-state index in [1.165, 1.54) is 17.9 Å². The molecule has 0 atom stereocenters. The molecule has 1 aliphatic heterocycles. The van der Waals surface area contributed by atoms with Gasteiger partial charge >= 0.3 is 5.97 Å². The maximum atomic E-state index is 9.76. The van der Waals surface area contributed by atoms with E-state index < -0.39 is 5.97 Å². The molecule has 14 heavy (non-hydrogen) atoms. The van der Waals surface area contributed by atoms with Gasteiger partial charge in [-0.2, -0.15) is 0 Å². The lowest BCUT2D eigenvalue weighted by atomic mass is 10.3. The minimum absolute atomic E-state index is 0.316. The van der Waals surface area contributed by atoms with Crippen molar-refractivity contribution in [1.29, 1.82) is 0 Å². The Morgan fingerprint density at radius 1 is 1.29 bits per heavy atom. The number of unbranched alkanes of at least 4 members (excludes halogenated alkanes) is 1. The first-order chi connectivity index (χ1) is 6.77. The van der Waals surface area contributed by atoms with Gasteiger partial charge in [-0.3, -0.25) is 4.79 Å². The first kappa shape index (κ1) is 16.6. The number of carboxylic acid groups (broad SMARTS) is 1. The van der Waals surface area contributed by atoms with Crippen LogP contribution in [0.4, 0.5) is 0 Å². The van der Waals surface area contributed by atoms with Crippen molar-refractivity contribution in [2.24, 2.45) is 0 Å². The van der Waals surface area contributed by atoms with E-state index in [-0.39, 0.29) is 0 Å². The highest BCUT2D eigenvalue weighted by molar-refractivity contribution is 8.77. The first-order valence-electron chi connectivity index (χ1n) is 5.23. The Morgan fingerprint density at radius 3 is 1.93 bits per heavy atom. The van der Waals surface area contributed by atoms with E-state index >= 15 is 0 Å². The van der Waals surface area contributed by atoms with Crippen LogP contribution in [0.3, 0.4) is 0 Å². The third-order valence-corrected chi connectivity index (χ3v) is 3.86. The summed E-state index contributed by atoms with van der Waals surface area (Å²) >= 11 is 0. The quantitative estimate of drug-likeness (QED) is 0.752. The lowest BCUT2D eigenvalue weighted by Crippen LogP contribution is -1.91. The lowest BCUT2D eigenvalue weighted by molar-refractivity contribution is -0.137. The highest BCUT2D eigenvalue weighted by Gasteiger charge is 1.96. The fraction of sp³-hybridized carbons (Fsp3) is 0.900. The lowest BCUT2D eigenvalue weighted by Gasteiger charge is -1.85. The van der Waals surface area contributed by atoms with Gasteiger partial charge in [0.05, 0.1) is 0 Å². The second-order valence-corrected chi connectivity index (χ2v) is 5.20. The molecule has 0 saturated carbocycles. The van der Waals surface area contributed by atoms with Crippen LogP contribution in [0.15, 0.2) is 0 Å². The predicted octanol–water partition coefficient (Wildman–Crippen LogP) is 4.06. The van der Waals surface area contributed by atoms with Crippen LogP contribution in [0.25, 0.3) is 0 Å². The smallest absolute Gasteiger partial charge is 0.303 e. The second kappa shape index (κ2) is 15.6. The Bertz CT molecular complexity index is 107. The SMILES string of the molecule is C1CSSC1.CC.CCCCC(=O)O. The topological polar surface area (TPSA) is 37.3 Å². The number of carbonyl (C=O) groups is 1. The van der Waals surface area contributed by atoms with Crippen LogP contribution in [0.5, 0.6) is 0 Å². The van der Waals surface area contributed by atoms with Crippen LogP contribution in [-0.4, -0.2) is 22.6 Å². The zero-order chi connectivity index (χ0) is 11.2. The normalized spacial score (nSPS) is 13.4. The van der Waals surface area contributed by atoms with Gasteiger partial charge in [0, 0.05) is 17.9 Å². The molecule has 1 rings (SSSR count). The van der Waals surface area contributed by atoms with Gasteiger partial charge in [0.25, 0.3) is 0 Å². The standard InChI is InChI=1S/C5H10O2.C3H6S2.C2H6/c1-2-3-4-5(6)7;1-2-4-5-3-1;1-2/h2-4H2,1H3,(H,6,7);1-3H2;1-2H3. The van der Waals surface area contributed by atoms with E-state index in [0.29, 0.717) is 6.42 Å². The largest absolute Gasteiger partial charge is 0.481 e. The van der Waals surface area contributed by atoms with Crippen molar-refractivity contribution in [1.82, 2.24) is 0 Å². The number of hydrogen-bond acceptors (Lipinski definition) is 3. The number of aliphatic carboxylic acids is 1. The highest BCUT2D eigenvalue weighted by Crippen LogP contribution is 2.29. The average molecular weight is 238 g/mol. The third kappa shape index (κ3) is 18.1. The van der Waals surface area contributed by atoms with Crippen LogP contribution < -0.4 is 0 Å². The van der Waals surface area contributed by atoms with Gasteiger partial charge in [0.15, 0.2) is 0 Å². The summed E-state index contributed by atoms with van der Waals surface area (Å²) in [6.07, 6.45) is 3.51. The fourth-order valence-electron chi connectivity index (χ4n) is 0.623. The van der Waals surface area contributed by atoms with Gasteiger partial charge in [0.2, 0.25) is 0 Å². The molecule has 0 aromatic heterocycles. The Kier molecular flexibility index (Phi) is 18.5. The summed E-state index contributed by atoms with van der Waals surface area (Å²) < 4.78 is 0. The molecule has 86 valence electrons. The van der Waals surface area contributed by atoms with Gasteiger partial charge < -0.3 is 5.11 Å². The highest BCUT2D eigenvalue weighted by atomic mass is 33.1. The molecule has 0 radical (unpaired) electrons. The number of hydrogen-bond donors (Lipinski definition) is 1. The van der Waals surface area contributed by atoms with Gasteiger partial charge in [-0.15, -0.1) is 0 Å². The van der Waals surface area contributed by atoms with Crippen molar-refractivity contribution in [2.45, 2.75) is 46.5 Å². The Morgan fingerprint density at radius 2 is 1.79 bits per heavy atom. The van der Waals surface area contributed by atoms with E-state index in [0.717, 1.165) is 12.8 Å². The van der Waals surface area contributed by atoms with Crippen molar-refractivity contribution in [3.8, 4) is 0 Å². The molecule has 1 saturated heterocycles. The molecular formula is C10H22O2S2. The van der Waals surface area contributed by atoms with Crippen molar-refractivity contribution in [2.75, 3.05) is 11.5 Å². The van der Waals surface area contributed by atoms with Crippen molar-refractivity contribution in [3.63, 3.8) is 0 Å². The number of rotatable bonds is 3. The molecular weight excluding hydrogens is 216 g/mol. The maximum Gasteiger partial charge on any atom is 0.303 e. The molecule has 0 amide bonds. The monoisotopic (exact) mass is 238 g/mol.